The number of ether oxygens (including phenoxy) is 2. The van der Waals surface area contributed by atoms with Gasteiger partial charge in [0.05, 0.1) is 0 Å². The van der Waals surface area contributed by atoms with E-state index in [2.05, 4.69) is 0 Å². The molecule has 4 nitrogen and oxygen atoms in total. The maximum absolute atomic E-state index is 10.9. The van der Waals surface area contributed by atoms with E-state index < -0.39 is 0 Å². The van der Waals surface area contributed by atoms with E-state index in [1.807, 2.05) is 48.5 Å². The summed E-state index contributed by atoms with van der Waals surface area (Å²) in [5, 5.41) is 0. The number of hydrogen-bond donors (Lipinski definition) is 0. The van der Waals surface area contributed by atoms with Gasteiger partial charge in [-0.2, -0.15) is 0 Å². The van der Waals surface area contributed by atoms with Crippen molar-refractivity contribution in [2.24, 2.45) is 0 Å². The van der Waals surface area contributed by atoms with E-state index in [0.29, 0.717) is 11.5 Å². The molecule has 0 saturated heterocycles. The fraction of sp³-hybridized carbons (Fsp3) is 0.263. The molecule has 0 atom stereocenters. The third-order valence-electron chi connectivity index (χ3n) is 3.30. The zero-order chi connectivity index (χ0) is 16.7. The Morgan fingerprint density at radius 3 is 1.35 bits per heavy atom. The summed E-state index contributed by atoms with van der Waals surface area (Å²) in [6.07, 6.45) is 2.91. The molecule has 0 aliphatic rings. The van der Waals surface area contributed by atoms with E-state index in [-0.39, 0.29) is 11.9 Å². The van der Waals surface area contributed by atoms with Gasteiger partial charge in [-0.3, -0.25) is 9.59 Å². The number of carbonyl (C=O) groups is 2. The zero-order valence-corrected chi connectivity index (χ0v) is 13.4. The van der Waals surface area contributed by atoms with Crippen LogP contribution in [0.25, 0.3) is 0 Å². The van der Waals surface area contributed by atoms with Crippen LogP contribution in [0.2, 0.25) is 0 Å². The molecule has 4 heteroatoms. The van der Waals surface area contributed by atoms with Crippen LogP contribution in [0.3, 0.4) is 0 Å². The van der Waals surface area contributed by atoms with Crippen LogP contribution in [0.1, 0.15) is 31.4 Å². The summed E-state index contributed by atoms with van der Waals surface area (Å²) in [7, 11) is 0. The van der Waals surface area contributed by atoms with Gasteiger partial charge < -0.3 is 9.47 Å². The quantitative estimate of drug-likeness (QED) is 0.602. The molecular formula is C19H20O4. The SMILES string of the molecule is CC(=O)Oc1ccc(CCCc2ccc(OC(C)=O)cc2)cc1. The highest BCUT2D eigenvalue weighted by Crippen LogP contribution is 2.16. The predicted octanol–water partition coefficient (Wildman–Crippen LogP) is 3.71. The lowest BCUT2D eigenvalue weighted by Gasteiger charge is -2.06. The van der Waals surface area contributed by atoms with Crippen LogP contribution in [0.5, 0.6) is 11.5 Å². The number of aryl methyl sites for hydroxylation is 2. The van der Waals surface area contributed by atoms with Crippen LogP contribution >= 0.6 is 0 Å². The van der Waals surface area contributed by atoms with Crippen molar-refractivity contribution in [3.63, 3.8) is 0 Å². The Morgan fingerprint density at radius 1 is 0.696 bits per heavy atom. The van der Waals surface area contributed by atoms with Crippen molar-refractivity contribution < 1.29 is 19.1 Å². The van der Waals surface area contributed by atoms with E-state index in [1.165, 1.54) is 25.0 Å². The number of esters is 2. The van der Waals surface area contributed by atoms with Crippen molar-refractivity contribution in [1.82, 2.24) is 0 Å². The van der Waals surface area contributed by atoms with E-state index in [1.54, 1.807) is 0 Å². The minimum Gasteiger partial charge on any atom is -0.427 e. The summed E-state index contributed by atoms with van der Waals surface area (Å²) in [6.45, 7) is 2.78. The molecule has 0 saturated carbocycles. The van der Waals surface area contributed by atoms with Gasteiger partial charge in [0.25, 0.3) is 0 Å². The van der Waals surface area contributed by atoms with Crippen LogP contribution in [0.4, 0.5) is 0 Å². The van der Waals surface area contributed by atoms with Crippen LogP contribution in [-0.2, 0) is 22.4 Å². The first-order valence-corrected chi connectivity index (χ1v) is 7.57. The average molecular weight is 312 g/mol. The molecule has 0 aromatic heterocycles. The molecule has 0 aliphatic carbocycles. The van der Waals surface area contributed by atoms with Gasteiger partial charge in [-0.05, 0) is 54.7 Å². The van der Waals surface area contributed by atoms with Crippen molar-refractivity contribution in [3.8, 4) is 11.5 Å². The molecule has 0 amide bonds. The van der Waals surface area contributed by atoms with Gasteiger partial charge in [0.15, 0.2) is 0 Å². The molecule has 0 aliphatic heterocycles. The Hall–Kier alpha value is -2.62. The van der Waals surface area contributed by atoms with Crippen LogP contribution in [0.15, 0.2) is 48.5 Å². The van der Waals surface area contributed by atoms with Gasteiger partial charge >= 0.3 is 11.9 Å². The maximum Gasteiger partial charge on any atom is 0.308 e. The van der Waals surface area contributed by atoms with Crippen molar-refractivity contribution >= 4 is 11.9 Å². The highest BCUT2D eigenvalue weighted by molar-refractivity contribution is 5.69. The second-order valence-electron chi connectivity index (χ2n) is 5.33. The monoisotopic (exact) mass is 312 g/mol. The standard InChI is InChI=1S/C19H20O4/c1-14(20)22-18-10-6-16(7-11-18)4-3-5-17-8-12-19(13-9-17)23-15(2)21/h6-13H,3-5H2,1-2H3. The first-order chi connectivity index (χ1) is 11.0. The molecule has 0 radical (unpaired) electrons. The predicted molar refractivity (Wildman–Crippen MR) is 87.5 cm³/mol. The van der Waals surface area contributed by atoms with Crippen molar-refractivity contribution in [1.29, 1.82) is 0 Å². The van der Waals surface area contributed by atoms with E-state index in [0.717, 1.165) is 19.3 Å². The highest BCUT2D eigenvalue weighted by Gasteiger charge is 2.01. The van der Waals surface area contributed by atoms with Gasteiger partial charge in [0.1, 0.15) is 11.5 Å². The molecule has 0 spiro atoms. The zero-order valence-electron chi connectivity index (χ0n) is 13.4. The average Bonchev–Trinajstić information content (AvgIpc) is 2.50. The van der Waals surface area contributed by atoms with E-state index in [9.17, 15) is 9.59 Å². The van der Waals surface area contributed by atoms with E-state index >= 15 is 0 Å². The first-order valence-electron chi connectivity index (χ1n) is 7.57. The van der Waals surface area contributed by atoms with Gasteiger partial charge in [-0.15, -0.1) is 0 Å². The molecule has 0 bridgehead atoms. The third kappa shape index (κ3) is 5.94. The summed E-state index contributed by atoms with van der Waals surface area (Å²) < 4.78 is 10.0. The summed E-state index contributed by atoms with van der Waals surface area (Å²) in [4.78, 5) is 21.7. The Balaban J connectivity index is 1.80. The smallest absolute Gasteiger partial charge is 0.308 e. The molecule has 120 valence electrons. The van der Waals surface area contributed by atoms with Gasteiger partial charge in [-0.1, -0.05) is 24.3 Å². The molecular weight excluding hydrogens is 292 g/mol. The Labute approximate surface area is 136 Å². The van der Waals surface area contributed by atoms with Gasteiger partial charge in [-0.25, -0.2) is 0 Å². The molecule has 2 rings (SSSR count). The minimum atomic E-state index is -0.310. The number of benzene rings is 2. The normalized spacial score (nSPS) is 10.2. The van der Waals surface area contributed by atoms with Crippen LogP contribution < -0.4 is 9.47 Å². The second-order valence-corrected chi connectivity index (χ2v) is 5.33. The summed E-state index contributed by atoms with van der Waals surface area (Å²) >= 11 is 0. The van der Waals surface area contributed by atoms with Crippen LogP contribution in [-0.4, -0.2) is 11.9 Å². The second kappa shape index (κ2) is 8.13. The Morgan fingerprint density at radius 2 is 1.04 bits per heavy atom. The number of carbonyl (C=O) groups excluding carboxylic acids is 2. The first kappa shape index (κ1) is 16.7. The fourth-order valence-electron chi connectivity index (χ4n) is 2.28. The van der Waals surface area contributed by atoms with Gasteiger partial charge in [0, 0.05) is 13.8 Å². The van der Waals surface area contributed by atoms with E-state index in [4.69, 9.17) is 9.47 Å². The van der Waals surface area contributed by atoms with Gasteiger partial charge in [0.2, 0.25) is 0 Å². The number of hydrogen-bond acceptors (Lipinski definition) is 4. The third-order valence-corrected chi connectivity index (χ3v) is 3.30. The Bertz CT molecular complexity index is 597. The minimum absolute atomic E-state index is 0.310. The highest BCUT2D eigenvalue weighted by atomic mass is 16.5. The molecule has 0 fully saturated rings. The van der Waals surface area contributed by atoms with Crippen LogP contribution in [0, 0.1) is 0 Å². The van der Waals surface area contributed by atoms with Crippen molar-refractivity contribution in [2.75, 3.05) is 0 Å². The molecule has 23 heavy (non-hydrogen) atoms. The van der Waals surface area contributed by atoms with Crippen molar-refractivity contribution in [3.05, 3.63) is 59.7 Å². The maximum atomic E-state index is 10.9. The molecule has 0 N–H and O–H groups in total. The fourth-order valence-corrected chi connectivity index (χ4v) is 2.28. The molecule has 2 aromatic rings. The molecule has 0 unspecified atom stereocenters. The largest absolute Gasteiger partial charge is 0.427 e. The topological polar surface area (TPSA) is 52.6 Å². The lowest BCUT2D eigenvalue weighted by molar-refractivity contribution is -0.132. The molecule has 0 heterocycles. The summed E-state index contributed by atoms with van der Waals surface area (Å²) in [5.41, 5.74) is 2.41. The molecule has 2 aromatic carbocycles. The lowest BCUT2D eigenvalue weighted by Crippen LogP contribution is -2.01. The summed E-state index contributed by atoms with van der Waals surface area (Å²) in [6, 6.07) is 15.1. The lowest BCUT2D eigenvalue weighted by atomic mass is 10.0. The van der Waals surface area contributed by atoms with Crippen molar-refractivity contribution in [2.45, 2.75) is 33.1 Å². The number of rotatable bonds is 6. The Kier molecular flexibility index (Phi) is 5.92. The summed E-state index contributed by atoms with van der Waals surface area (Å²) in [5.74, 6) is 0.523.